The highest BCUT2D eigenvalue weighted by Crippen LogP contribution is 2.40. The predicted octanol–water partition coefficient (Wildman–Crippen LogP) is 6.58. The molecule has 0 atom stereocenters. The molecule has 5 aromatic carbocycles. The topological polar surface area (TPSA) is 46.5 Å². The maximum Gasteiger partial charge on any atom is 0.343 e. The fourth-order valence-corrected chi connectivity index (χ4v) is 3.81. The summed E-state index contributed by atoms with van der Waals surface area (Å²) in [4.78, 5) is 12.8. The van der Waals surface area contributed by atoms with E-state index < -0.39 is 5.97 Å². The Morgan fingerprint density at radius 1 is 0.633 bits per heavy atom. The summed E-state index contributed by atoms with van der Waals surface area (Å²) in [6.45, 7) is 0. The second-order valence-corrected chi connectivity index (χ2v) is 7.12. The molecule has 0 unspecified atom stereocenters. The third-order valence-electron chi connectivity index (χ3n) is 5.26. The lowest BCUT2D eigenvalue weighted by Gasteiger charge is -2.15. The Hall–Kier alpha value is -4.11. The first-order valence-electron chi connectivity index (χ1n) is 9.72. The van der Waals surface area contributed by atoms with Crippen LogP contribution in [0.15, 0.2) is 103 Å². The molecule has 0 spiro atoms. The zero-order valence-corrected chi connectivity index (χ0v) is 16.1. The predicted molar refractivity (Wildman–Crippen MR) is 120 cm³/mol. The van der Waals surface area contributed by atoms with Gasteiger partial charge in [-0.2, -0.15) is 0 Å². The minimum Gasteiger partial charge on any atom is -0.508 e. The van der Waals surface area contributed by atoms with Gasteiger partial charge in [0.2, 0.25) is 0 Å². The highest BCUT2D eigenvalue weighted by molar-refractivity contribution is 6.08. The van der Waals surface area contributed by atoms with Crippen LogP contribution in [0.5, 0.6) is 11.5 Å². The number of carbonyl (C=O) groups excluding carboxylic acids is 1. The molecular formula is C27H18O3. The molecule has 5 aromatic rings. The minimum absolute atomic E-state index is 0.105. The van der Waals surface area contributed by atoms with Crippen LogP contribution in [0.1, 0.15) is 10.4 Å². The first-order chi connectivity index (χ1) is 14.7. The van der Waals surface area contributed by atoms with E-state index in [0.29, 0.717) is 11.3 Å². The van der Waals surface area contributed by atoms with Crippen molar-refractivity contribution in [3.63, 3.8) is 0 Å². The van der Waals surface area contributed by atoms with Crippen LogP contribution in [0.3, 0.4) is 0 Å². The normalized spacial score (nSPS) is 10.9. The number of ether oxygens (including phenoxy) is 1. The van der Waals surface area contributed by atoms with Crippen LogP contribution in [-0.2, 0) is 0 Å². The lowest BCUT2D eigenvalue weighted by molar-refractivity contribution is 0.0736. The monoisotopic (exact) mass is 390 g/mol. The van der Waals surface area contributed by atoms with Gasteiger partial charge in [0.05, 0.1) is 5.56 Å². The molecule has 0 radical (unpaired) electrons. The van der Waals surface area contributed by atoms with Gasteiger partial charge < -0.3 is 9.84 Å². The fourth-order valence-electron chi connectivity index (χ4n) is 3.81. The third-order valence-corrected chi connectivity index (χ3v) is 5.26. The van der Waals surface area contributed by atoms with E-state index in [0.717, 1.165) is 32.7 Å². The molecule has 0 aromatic heterocycles. The molecule has 0 saturated heterocycles. The van der Waals surface area contributed by atoms with Crippen molar-refractivity contribution in [2.24, 2.45) is 0 Å². The first kappa shape index (κ1) is 18.0. The van der Waals surface area contributed by atoms with Crippen LogP contribution >= 0.6 is 0 Å². The summed E-state index contributed by atoms with van der Waals surface area (Å²) in [6, 6.07) is 32.3. The Morgan fingerprint density at radius 3 is 2.03 bits per heavy atom. The number of benzene rings is 5. The van der Waals surface area contributed by atoms with Crippen LogP contribution in [0.2, 0.25) is 0 Å². The minimum atomic E-state index is -0.466. The van der Waals surface area contributed by atoms with Gasteiger partial charge in [-0.15, -0.1) is 0 Å². The van der Waals surface area contributed by atoms with E-state index in [1.54, 1.807) is 12.1 Å². The highest BCUT2D eigenvalue weighted by atomic mass is 16.5. The summed E-state index contributed by atoms with van der Waals surface area (Å²) in [6.07, 6.45) is 0. The zero-order valence-electron chi connectivity index (χ0n) is 16.1. The SMILES string of the molecule is O=C(Oc1ccc2ccccc2c1-c1cccc2ccccc12)c1ccc(O)cc1. The van der Waals surface area contributed by atoms with Gasteiger partial charge in [-0.05, 0) is 57.4 Å². The van der Waals surface area contributed by atoms with Crippen LogP contribution in [0.25, 0.3) is 32.7 Å². The second kappa shape index (κ2) is 7.37. The quantitative estimate of drug-likeness (QED) is 0.279. The smallest absolute Gasteiger partial charge is 0.343 e. The van der Waals surface area contributed by atoms with E-state index in [2.05, 4.69) is 30.3 Å². The van der Waals surface area contributed by atoms with Gasteiger partial charge in [-0.1, -0.05) is 72.8 Å². The number of esters is 1. The molecule has 0 bridgehead atoms. The number of phenols is 1. The molecule has 1 N–H and O–H groups in total. The average molecular weight is 390 g/mol. The molecule has 0 saturated carbocycles. The molecule has 30 heavy (non-hydrogen) atoms. The number of hydrogen-bond donors (Lipinski definition) is 1. The van der Waals surface area contributed by atoms with Gasteiger partial charge in [-0.3, -0.25) is 0 Å². The molecule has 3 heteroatoms. The molecule has 3 nitrogen and oxygen atoms in total. The standard InChI is InChI=1S/C27H18O3/c28-21-15-12-20(13-16-21)27(29)30-25-17-14-19-7-2-4-10-23(19)26(25)24-11-5-8-18-6-1-3-9-22(18)24/h1-17,28H. The molecule has 0 aliphatic rings. The van der Waals surface area contributed by atoms with Crippen molar-refractivity contribution in [2.45, 2.75) is 0 Å². The van der Waals surface area contributed by atoms with Crippen molar-refractivity contribution >= 4 is 27.5 Å². The summed E-state index contributed by atoms with van der Waals surface area (Å²) in [5.74, 6) is 0.142. The van der Waals surface area contributed by atoms with E-state index in [1.165, 1.54) is 12.1 Å². The van der Waals surface area contributed by atoms with E-state index >= 15 is 0 Å². The summed E-state index contributed by atoms with van der Waals surface area (Å²) >= 11 is 0. The largest absolute Gasteiger partial charge is 0.508 e. The Bertz CT molecular complexity index is 1380. The summed E-state index contributed by atoms with van der Waals surface area (Å²) in [7, 11) is 0. The van der Waals surface area contributed by atoms with Gasteiger partial charge in [0.15, 0.2) is 0 Å². The molecule has 144 valence electrons. The Morgan fingerprint density at radius 2 is 1.27 bits per heavy atom. The van der Waals surface area contributed by atoms with Crippen molar-refractivity contribution < 1.29 is 14.6 Å². The van der Waals surface area contributed by atoms with Crippen molar-refractivity contribution in [3.05, 3.63) is 109 Å². The van der Waals surface area contributed by atoms with Crippen molar-refractivity contribution in [3.8, 4) is 22.6 Å². The van der Waals surface area contributed by atoms with Crippen LogP contribution in [0, 0.1) is 0 Å². The van der Waals surface area contributed by atoms with E-state index in [9.17, 15) is 9.90 Å². The van der Waals surface area contributed by atoms with Crippen molar-refractivity contribution in [1.29, 1.82) is 0 Å². The zero-order chi connectivity index (χ0) is 20.5. The van der Waals surface area contributed by atoms with Gasteiger partial charge >= 0.3 is 5.97 Å². The Labute approximate surface area is 173 Å². The van der Waals surface area contributed by atoms with Gasteiger partial charge in [0.1, 0.15) is 11.5 Å². The Balaban J connectivity index is 1.71. The molecular weight excluding hydrogens is 372 g/mol. The Kier molecular flexibility index (Phi) is 4.41. The van der Waals surface area contributed by atoms with Gasteiger partial charge in [0.25, 0.3) is 0 Å². The number of aromatic hydroxyl groups is 1. The maximum absolute atomic E-state index is 12.8. The van der Waals surface area contributed by atoms with Gasteiger partial charge in [0, 0.05) is 5.56 Å². The van der Waals surface area contributed by atoms with Gasteiger partial charge in [-0.25, -0.2) is 4.79 Å². The molecule has 0 heterocycles. The van der Waals surface area contributed by atoms with Crippen molar-refractivity contribution in [1.82, 2.24) is 0 Å². The number of rotatable bonds is 3. The number of carbonyl (C=O) groups is 1. The van der Waals surface area contributed by atoms with E-state index in [4.69, 9.17) is 4.74 Å². The van der Waals surface area contributed by atoms with Crippen LogP contribution in [0.4, 0.5) is 0 Å². The third kappa shape index (κ3) is 3.16. The number of fused-ring (bicyclic) bond motifs is 2. The summed E-state index contributed by atoms with van der Waals surface area (Å²) in [5, 5.41) is 13.8. The maximum atomic E-state index is 12.8. The number of hydrogen-bond acceptors (Lipinski definition) is 3. The molecule has 0 aliphatic carbocycles. The number of phenolic OH excluding ortho intramolecular Hbond substituents is 1. The second-order valence-electron chi connectivity index (χ2n) is 7.12. The van der Waals surface area contributed by atoms with E-state index in [1.807, 2.05) is 48.5 Å². The molecule has 0 aliphatic heterocycles. The lowest BCUT2D eigenvalue weighted by atomic mass is 9.93. The van der Waals surface area contributed by atoms with Crippen LogP contribution in [-0.4, -0.2) is 11.1 Å². The summed E-state index contributed by atoms with van der Waals surface area (Å²) < 4.78 is 5.86. The van der Waals surface area contributed by atoms with E-state index in [-0.39, 0.29) is 5.75 Å². The highest BCUT2D eigenvalue weighted by Gasteiger charge is 2.17. The summed E-state index contributed by atoms with van der Waals surface area (Å²) in [5.41, 5.74) is 2.28. The van der Waals surface area contributed by atoms with Crippen LogP contribution < -0.4 is 4.74 Å². The average Bonchev–Trinajstić information content (AvgIpc) is 2.79. The molecule has 5 rings (SSSR count). The first-order valence-corrected chi connectivity index (χ1v) is 9.72. The lowest BCUT2D eigenvalue weighted by Crippen LogP contribution is -2.09. The molecule has 0 amide bonds. The molecule has 0 fully saturated rings. The van der Waals surface area contributed by atoms with Crippen molar-refractivity contribution in [2.75, 3.05) is 0 Å². The fraction of sp³-hybridized carbons (Fsp3) is 0.